The van der Waals surface area contributed by atoms with Crippen LogP contribution in [0.15, 0.2) is 53.4 Å². The molecule has 0 heterocycles. The van der Waals surface area contributed by atoms with Gasteiger partial charge in [0.1, 0.15) is 17.9 Å². The summed E-state index contributed by atoms with van der Waals surface area (Å²) in [5.41, 5.74) is 6.89. The van der Waals surface area contributed by atoms with Crippen LogP contribution in [0.25, 0.3) is 0 Å². The number of benzene rings is 2. The lowest BCUT2D eigenvalue weighted by Gasteiger charge is -2.22. The molecule has 0 amide bonds. The molecule has 0 spiro atoms. The predicted molar refractivity (Wildman–Crippen MR) is 99.4 cm³/mol. The van der Waals surface area contributed by atoms with Crippen molar-refractivity contribution in [2.24, 2.45) is 5.92 Å². The van der Waals surface area contributed by atoms with Crippen molar-refractivity contribution in [2.45, 2.75) is 17.5 Å². The van der Waals surface area contributed by atoms with E-state index in [1.807, 2.05) is 0 Å². The van der Waals surface area contributed by atoms with Crippen molar-refractivity contribution < 1.29 is 27.8 Å². The van der Waals surface area contributed by atoms with Crippen LogP contribution in [-0.4, -0.2) is 39.9 Å². The smallest absolute Gasteiger partial charge is 0.313 e. The summed E-state index contributed by atoms with van der Waals surface area (Å²) in [6.07, 6.45) is -1.70. The van der Waals surface area contributed by atoms with Gasteiger partial charge in [-0.2, -0.15) is 4.72 Å². The molecule has 8 nitrogen and oxygen atoms in total. The highest BCUT2D eigenvalue weighted by molar-refractivity contribution is 7.89. The molecule has 2 rings (SSSR count). The molecule has 0 bridgehead atoms. The zero-order chi connectivity index (χ0) is 20.0. The first kappa shape index (κ1) is 20.7. The number of carbonyl (C=O) groups excluding carboxylic acids is 1. The van der Waals surface area contributed by atoms with Crippen LogP contribution in [0.4, 0.5) is 5.69 Å². The summed E-state index contributed by atoms with van der Waals surface area (Å²) < 4.78 is 36.8. The number of methoxy groups -OCH3 is 2. The summed E-state index contributed by atoms with van der Waals surface area (Å²) in [6.45, 7) is 0. The number of hydrogen-bond acceptors (Lipinski definition) is 7. The second-order valence-electron chi connectivity index (χ2n) is 5.77. The standard InChI is InChI=1S/C18H22N2O6S/c1-25-13-7-9-14(10-8-13)27(23,24)20-17(21)15(18(22)26-2)11-12-5-3-4-6-16(12)19/h3-10,15,17,20-21H,11,19H2,1-2H3. The van der Waals surface area contributed by atoms with E-state index < -0.39 is 28.1 Å². The molecule has 2 aromatic carbocycles. The zero-order valence-corrected chi connectivity index (χ0v) is 15.8. The van der Waals surface area contributed by atoms with E-state index in [2.05, 4.69) is 4.72 Å². The van der Waals surface area contributed by atoms with Gasteiger partial charge in [0.15, 0.2) is 0 Å². The number of nitrogens with two attached hydrogens (primary N) is 1. The normalized spacial score (nSPS) is 13.6. The number of carbonyl (C=O) groups is 1. The van der Waals surface area contributed by atoms with Crippen LogP contribution in [-0.2, 0) is 26.0 Å². The summed E-state index contributed by atoms with van der Waals surface area (Å²) >= 11 is 0. The molecule has 146 valence electrons. The SMILES string of the molecule is COC(=O)C(Cc1ccccc1N)C(O)NS(=O)(=O)c1ccc(OC)cc1. The van der Waals surface area contributed by atoms with E-state index in [-0.39, 0.29) is 11.3 Å². The summed E-state index contributed by atoms with van der Waals surface area (Å²) in [6, 6.07) is 12.4. The fourth-order valence-electron chi connectivity index (χ4n) is 2.50. The van der Waals surface area contributed by atoms with Gasteiger partial charge in [0.05, 0.1) is 19.1 Å². The maximum atomic E-state index is 12.5. The lowest BCUT2D eigenvalue weighted by atomic mass is 9.97. The minimum atomic E-state index is -4.07. The first-order chi connectivity index (χ1) is 12.8. The summed E-state index contributed by atoms with van der Waals surface area (Å²) in [5.74, 6) is -1.45. The minimum absolute atomic E-state index is 0.00560. The number of para-hydroxylation sites is 1. The Morgan fingerprint density at radius 2 is 1.78 bits per heavy atom. The van der Waals surface area contributed by atoms with Gasteiger partial charge >= 0.3 is 5.97 Å². The van der Waals surface area contributed by atoms with Gasteiger partial charge in [0, 0.05) is 5.69 Å². The van der Waals surface area contributed by atoms with E-state index >= 15 is 0 Å². The third kappa shape index (κ3) is 5.19. The minimum Gasteiger partial charge on any atom is -0.497 e. The summed E-state index contributed by atoms with van der Waals surface area (Å²) in [5, 5.41) is 10.4. The lowest BCUT2D eigenvalue weighted by Crippen LogP contribution is -2.44. The highest BCUT2D eigenvalue weighted by atomic mass is 32.2. The largest absolute Gasteiger partial charge is 0.497 e. The number of nitrogen functional groups attached to an aromatic ring is 1. The average molecular weight is 394 g/mol. The van der Waals surface area contributed by atoms with Gasteiger partial charge in [-0.1, -0.05) is 18.2 Å². The molecule has 0 aromatic heterocycles. The van der Waals surface area contributed by atoms with Crippen molar-refractivity contribution in [1.29, 1.82) is 0 Å². The third-order valence-electron chi connectivity index (χ3n) is 4.03. The van der Waals surface area contributed by atoms with Gasteiger partial charge in [-0.05, 0) is 42.3 Å². The number of ether oxygens (including phenoxy) is 2. The van der Waals surface area contributed by atoms with Crippen LogP contribution in [0, 0.1) is 5.92 Å². The van der Waals surface area contributed by atoms with Crippen molar-refractivity contribution in [3.8, 4) is 5.75 Å². The molecular formula is C18H22N2O6S. The van der Waals surface area contributed by atoms with Crippen molar-refractivity contribution in [3.63, 3.8) is 0 Å². The Bertz CT molecular complexity index is 883. The number of nitrogens with one attached hydrogen (secondary N) is 1. The number of aliphatic hydroxyl groups is 1. The number of rotatable bonds is 8. The molecule has 0 aliphatic carbocycles. The molecule has 2 aromatic rings. The van der Waals surface area contributed by atoms with E-state index in [1.54, 1.807) is 24.3 Å². The van der Waals surface area contributed by atoms with Gasteiger partial charge in [-0.3, -0.25) is 4.79 Å². The van der Waals surface area contributed by atoms with Crippen LogP contribution in [0.5, 0.6) is 5.75 Å². The predicted octanol–water partition coefficient (Wildman–Crippen LogP) is 0.906. The van der Waals surface area contributed by atoms with Crippen LogP contribution in [0.1, 0.15) is 5.56 Å². The number of sulfonamides is 1. The van der Waals surface area contributed by atoms with E-state index in [4.69, 9.17) is 15.2 Å². The van der Waals surface area contributed by atoms with Gasteiger partial charge in [-0.25, -0.2) is 8.42 Å². The van der Waals surface area contributed by atoms with Crippen molar-refractivity contribution >= 4 is 21.7 Å². The van der Waals surface area contributed by atoms with E-state index in [9.17, 15) is 18.3 Å². The molecule has 27 heavy (non-hydrogen) atoms. The molecule has 4 N–H and O–H groups in total. The topological polar surface area (TPSA) is 128 Å². The van der Waals surface area contributed by atoms with E-state index in [0.717, 1.165) is 7.11 Å². The lowest BCUT2D eigenvalue weighted by molar-refractivity contribution is -0.149. The van der Waals surface area contributed by atoms with Crippen LogP contribution < -0.4 is 15.2 Å². The number of esters is 1. The summed E-state index contributed by atoms with van der Waals surface area (Å²) in [4.78, 5) is 12.0. The molecule has 0 saturated carbocycles. The van der Waals surface area contributed by atoms with Gasteiger partial charge in [-0.15, -0.1) is 0 Å². The Balaban J connectivity index is 2.22. The Morgan fingerprint density at radius 1 is 1.15 bits per heavy atom. The molecule has 0 fully saturated rings. The highest BCUT2D eigenvalue weighted by Crippen LogP contribution is 2.21. The van der Waals surface area contributed by atoms with Crippen molar-refractivity contribution in [2.75, 3.05) is 20.0 Å². The number of aliphatic hydroxyl groups excluding tert-OH is 1. The molecule has 0 aliphatic heterocycles. The molecule has 0 aliphatic rings. The van der Waals surface area contributed by atoms with Crippen molar-refractivity contribution in [1.82, 2.24) is 4.72 Å². The first-order valence-electron chi connectivity index (χ1n) is 8.04. The third-order valence-corrected chi connectivity index (χ3v) is 5.47. The molecule has 0 radical (unpaired) electrons. The second kappa shape index (κ2) is 8.85. The fourth-order valence-corrected chi connectivity index (χ4v) is 3.61. The maximum absolute atomic E-state index is 12.5. The van der Waals surface area contributed by atoms with Gasteiger partial charge < -0.3 is 20.3 Å². The molecule has 2 atom stereocenters. The maximum Gasteiger partial charge on any atom is 0.313 e. The molecular weight excluding hydrogens is 372 g/mol. The Kier molecular flexibility index (Phi) is 6.78. The number of anilines is 1. The van der Waals surface area contributed by atoms with E-state index in [1.165, 1.54) is 31.4 Å². The van der Waals surface area contributed by atoms with Crippen molar-refractivity contribution in [3.05, 3.63) is 54.1 Å². The highest BCUT2D eigenvalue weighted by Gasteiger charge is 2.32. The Hall–Kier alpha value is -2.62. The van der Waals surface area contributed by atoms with Gasteiger partial charge in [0.2, 0.25) is 10.0 Å². The average Bonchev–Trinajstić information content (AvgIpc) is 2.66. The summed E-state index contributed by atoms with van der Waals surface area (Å²) in [7, 11) is -1.45. The van der Waals surface area contributed by atoms with Crippen LogP contribution in [0.2, 0.25) is 0 Å². The monoisotopic (exact) mass is 394 g/mol. The second-order valence-corrected chi connectivity index (χ2v) is 7.49. The zero-order valence-electron chi connectivity index (χ0n) is 15.0. The molecule has 0 saturated heterocycles. The molecule has 2 unspecified atom stereocenters. The quantitative estimate of drug-likeness (QED) is 0.345. The molecule has 9 heteroatoms. The Labute approximate surface area is 158 Å². The van der Waals surface area contributed by atoms with Crippen LogP contribution in [0.3, 0.4) is 0 Å². The first-order valence-corrected chi connectivity index (χ1v) is 9.52. The van der Waals surface area contributed by atoms with Gasteiger partial charge in [0.25, 0.3) is 0 Å². The van der Waals surface area contributed by atoms with E-state index in [0.29, 0.717) is 17.0 Å². The van der Waals surface area contributed by atoms with Crippen LogP contribution >= 0.6 is 0 Å². The number of hydrogen-bond donors (Lipinski definition) is 3. The Morgan fingerprint density at radius 3 is 2.33 bits per heavy atom. The fraction of sp³-hybridized carbons (Fsp3) is 0.278.